The highest BCUT2D eigenvalue weighted by atomic mass is 35.5. The normalized spacial score (nSPS) is 16.7. The molecule has 1 amide bonds. The first kappa shape index (κ1) is 26.4. The first-order valence-corrected chi connectivity index (χ1v) is 13.3. The van der Waals surface area contributed by atoms with Crippen molar-refractivity contribution in [2.45, 2.75) is 49.5 Å². The second-order valence-electron chi connectivity index (χ2n) is 9.69. The van der Waals surface area contributed by atoms with E-state index < -0.39 is 39.9 Å². The molecule has 0 bridgehead atoms. The highest BCUT2D eigenvalue weighted by molar-refractivity contribution is 7.90. The standard InChI is InChI=1S/C26H26BClFNO5S/c1-25(2)26(3,4)35-27(34-25)18-7-14-23(29)22(15-18)24(31)30-20-10-5-17(6-11-20)16-36(32,33)21-12-8-19(28)9-13-21/h5-15H,16H2,1-4H3,(H,30,31). The van der Waals surface area contributed by atoms with Crippen molar-refractivity contribution in [3.63, 3.8) is 0 Å². The first-order valence-electron chi connectivity index (χ1n) is 11.3. The zero-order valence-corrected chi connectivity index (χ0v) is 21.9. The van der Waals surface area contributed by atoms with E-state index in [2.05, 4.69) is 5.32 Å². The number of nitrogens with one attached hydrogen (secondary N) is 1. The molecule has 0 saturated carbocycles. The topological polar surface area (TPSA) is 81.7 Å². The van der Waals surface area contributed by atoms with Crippen molar-refractivity contribution in [2.75, 3.05) is 5.32 Å². The van der Waals surface area contributed by atoms with Gasteiger partial charge in [0.2, 0.25) is 0 Å². The predicted molar refractivity (Wildman–Crippen MR) is 139 cm³/mol. The van der Waals surface area contributed by atoms with Gasteiger partial charge >= 0.3 is 7.12 Å². The molecule has 1 saturated heterocycles. The summed E-state index contributed by atoms with van der Waals surface area (Å²) in [6, 6.07) is 16.4. The molecule has 1 heterocycles. The smallest absolute Gasteiger partial charge is 0.399 e. The third-order valence-corrected chi connectivity index (χ3v) is 8.46. The van der Waals surface area contributed by atoms with E-state index >= 15 is 0 Å². The number of carbonyl (C=O) groups excluding carboxylic acids is 1. The van der Waals surface area contributed by atoms with Crippen molar-refractivity contribution in [2.24, 2.45) is 0 Å². The van der Waals surface area contributed by atoms with Crippen molar-refractivity contribution < 1.29 is 26.9 Å². The molecule has 0 radical (unpaired) electrons. The van der Waals surface area contributed by atoms with Crippen molar-refractivity contribution in [3.8, 4) is 0 Å². The number of benzene rings is 3. The van der Waals surface area contributed by atoms with E-state index in [1.165, 1.54) is 42.5 Å². The Balaban J connectivity index is 1.46. The minimum Gasteiger partial charge on any atom is -0.399 e. The average Bonchev–Trinajstić information content (AvgIpc) is 3.02. The molecule has 3 aromatic carbocycles. The predicted octanol–water partition coefficient (Wildman–Crippen LogP) is 5.00. The number of sulfone groups is 1. The van der Waals surface area contributed by atoms with Crippen molar-refractivity contribution >= 4 is 45.6 Å². The van der Waals surface area contributed by atoms with Gasteiger partial charge in [0.15, 0.2) is 9.84 Å². The maximum absolute atomic E-state index is 14.5. The Bertz CT molecular complexity index is 1380. The van der Waals surface area contributed by atoms with Crippen LogP contribution in [0.2, 0.25) is 5.02 Å². The second-order valence-corrected chi connectivity index (χ2v) is 12.1. The van der Waals surface area contributed by atoms with Crippen LogP contribution in [0.1, 0.15) is 43.6 Å². The molecule has 6 nitrogen and oxygen atoms in total. The van der Waals surface area contributed by atoms with Crippen molar-refractivity contribution in [1.82, 2.24) is 0 Å². The van der Waals surface area contributed by atoms with Crippen molar-refractivity contribution in [3.05, 3.63) is 88.7 Å². The van der Waals surface area contributed by atoms with Gasteiger partial charge in [0.1, 0.15) is 5.82 Å². The van der Waals surface area contributed by atoms with Gasteiger partial charge in [-0.2, -0.15) is 0 Å². The van der Waals surface area contributed by atoms with Crippen LogP contribution in [0.5, 0.6) is 0 Å². The van der Waals surface area contributed by atoms with E-state index in [1.54, 1.807) is 24.3 Å². The Morgan fingerprint density at radius 3 is 2.11 bits per heavy atom. The lowest BCUT2D eigenvalue weighted by atomic mass is 9.78. The average molecular weight is 530 g/mol. The lowest BCUT2D eigenvalue weighted by Gasteiger charge is -2.32. The number of anilines is 1. The van der Waals surface area contributed by atoms with Gasteiger partial charge in [-0.25, -0.2) is 12.8 Å². The summed E-state index contributed by atoms with van der Waals surface area (Å²) < 4.78 is 51.8. The summed E-state index contributed by atoms with van der Waals surface area (Å²) in [5.74, 6) is -1.54. The fraction of sp³-hybridized carbons (Fsp3) is 0.269. The molecule has 3 aromatic rings. The molecule has 0 aromatic heterocycles. The third-order valence-electron chi connectivity index (χ3n) is 6.50. The molecule has 1 aliphatic rings. The summed E-state index contributed by atoms with van der Waals surface area (Å²) in [5, 5.41) is 3.10. The van der Waals surface area contributed by atoms with Gasteiger partial charge in [0, 0.05) is 10.7 Å². The van der Waals surface area contributed by atoms with Crippen LogP contribution >= 0.6 is 11.6 Å². The van der Waals surface area contributed by atoms with Crippen LogP contribution in [-0.4, -0.2) is 32.6 Å². The summed E-state index contributed by atoms with van der Waals surface area (Å²) >= 11 is 5.83. The Labute approximate surface area is 215 Å². The number of hydrogen-bond donors (Lipinski definition) is 1. The van der Waals surface area contributed by atoms with Crippen LogP contribution in [0.25, 0.3) is 0 Å². The molecule has 0 aliphatic carbocycles. The van der Waals surface area contributed by atoms with E-state index in [4.69, 9.17) is 20.9 Å². The van der Waals surface area contributed by atoms with E-state index in [0.717, 1.165) is 0 Å². The molecule has 0 unspecified atom stereocenters. The van der Waals surface area contributed by atoms with Gasteiger partial charge in [0.25, 0.3) is 5.91 Å². The van der Waals surface area contributed by atoms with Gasteiger partial charge in [-0.3, -0.25) is 4.79 Å². The van der Waals surface area contributed by atoms with E-state index in [0.29, 0.717) is 21.7 Å². The summed E-state index contributed by atoms with van der Waals surface area (Å²) in [4.78, 5) is 13.0. The molecular formula is C26H26BClFNO5S. The third kappa shape index (κ3) is 5.49. The Morgan fingerprint density at radius 2 is 1.53 bits per heavy atom. The van der Waals surface area contributed by atoms with Crippen LogP contribution in [-0.2, 0) is 24.9 Å². The summed E-state index contributed by atoms with van der Waals surface area (Å²) in [6.45, 7) is 7.64. The monoisotopic (exact) mass is 529 g/mol. The van der Waals surface area contributed by atoms with Crippen LogP contribution < -0.4 is 10.8 Å². The van der Waals surface area contributed by atoms with Gasteiger partial charge in [-0.05, 0) is 87.3 Å². The summed E-state index contributed by atoms with van der Waals surface area (Å²) in [6.07, 6.45) is 0. The van der Waals surface area contributed by atoms with Gasteiger partial charge in [-0.1, -0.05) is 29.8 Å². The van der Waals surface area contributed by atoms with Crippen LogP contribution in [0.3, 0.4) is 0 Å². The SMILES string of the molecule is CC1(C)OB(c2ccc(F)c(C(=O)Nc3ccc(CS(=O)(=O)c4ccc(Cl)cc4)cc3)c2)OC1(C)C. The molecule has 0 spiro atoms. The molecule has 10 heteroatoms. The molecular weight excluding hydrogens is 504 g/mol. The molecule has 4 rings (SSSR count). The number of halogens is 2. The van der Waals surface area contributed by atoms with E-state index in [9.17, 15) is 17.6 Å². The van der Waals surface area contributed by atoms with Crippen LogP contribution in [0.4, 0.5) is 10.1 Å². The minimum atomic E-state index is -3.56. The van der Waals surface area contributed by atoms with E-state index in [1.807, 2.05) is 27.7 Å². The number of amides is 1. The number of hydrogen-bond acceptors (Lipinski definition) is 5. The van der Waals surface area contributed by atoms with Crippen molar-refractivity contribution in [1.29, 1.82) is 0 Å². The molecule has 1 fully saturated rings. The molecule has 36 heavy (non-hydrogen) atoms. The summed E-state index contributed by atoms with van der Waals surface area (Å²) in [5.41, 5.74) is 0.165. The summed E-state index contributed by atoms with van der Waals surface area (Å²) in [7, 11) is -4.30. The quantitative estimate of drug-likeness (QED) is 0.454. The maximum Gasteiger partial charge on any atom is 0.494 e. The Kier molecular flexibility index (Phi) is 7.05. The zero-order valence-electron chi connectivity index (χ0n) is 20.3. The Hall–Kier alpha value is -2.72. The van der Waals surface area contributed by atoms with E-state index in [-0.39, 0.29) is 16.2 Å². The first-order chi connectivity index (χ1) is 16.8. The zero-order chi connectivity index (χ0) is 26.3. The molecule has 0 atom stereocenters. The largest absolute Gasteiger partial charge is 0.494 e. The highest BCUT2D eigenvalue weighted by Crippen LogP contribution is 2.36. The lowest BCUT2D eigenvalue weighted by Crippen LogP contribution is -2.41. The number of carbonyl (C=O) groups is 1. The maximum atomic E-state index is 14.5. The lowest BCUT2D eigenvalue weighted by molar-refractivity contribution is 0.00578. The van der Waals surface area contributed by atoms with Gasteiger partial charge < -0.3 is 14.6 Å². The second kappa shape index (κ2) is 9.63. The van der Waals surface area contributed by atoms with Crippen LogP contribution in [0, 0.1) is 5.82 Å². The Morgan fingerprint density at radius 1 is 0.944 bits per heavy atom. The fourth-order valence-corrected chi connectivity index (χ4v) is 5.14. The van der Waals surface area contributed by atoms with Gasteiger partial charge in [0.05, 0.1) is 27.4 Å². The minimum absolute atomic E-state index is 0.156. The molecule has 1 aliphatic heterocycles. The van der Waals surface area contributed by atoms with Gasteiger partial charge in [-0.15, -0.1) is 0 Å². The highest BCUT2D eigenvalue weighted by Gasteiger charge is 2.51. The fourth-order valence-electron chi connectivity index (χ4n) is 3.67. The molecule has 188 valence electrons. The molecule has 1 N–H and O–H groups in total. The number of rotatable bonds is 6. The van der Waals surface area contributed by atoms with Crippen LogP contribution in [0.15, 0.2) is 71.6 Å².